The van der Waals surface area contributed by atoms with Crippen LogP contribution < -0.4 is 10.6 Å². The second-order valence-electron chi connectivity index (χ2n) is 7.65. The fourth-order valence-corrected chi connectivity index (χ4v) is 3.86. The Morgan fingerprint density at radius 1 is 1.00 bits per heavy atom. The first kappa shape index (κ1) is 15.8. The van der Waals surface area contributed by atoms with Gasteiger partial charge in [-0.25, -0.2) is 0 Å². The summed E-state index contributed by atoms with van der Waals surface area (Å²) in [5.74, 6) is 0.368. The summed E-state index contributed by atoms with van der Waals surface area (Å²) in [6.07, 6.45) is 1.32. The molecule has 0 spiro atoms. The minimum atomic E-state index is -0.240. The third-order valence-corrected chi connectivity index (χ3v) is 4.99. The number of phenols is 1. The van der Waals surface area contributed by atoms with Crippen molar-refractivity contribution in [3.63, 3.8) is 0 Å². The third-order valence-electron chi connectivity index (χ3n) is 4.99. The van der Waals surface area contributed by atoms with Crippen molar-refractivity contribution in [3.8, 4) is 5.75 Å². The summed E-state index contributed by atoms with van der Waals surface area (Å²) in [6.45, 7) is 4.24. The first-order chi connectivity index (χ1) is 11.9. The van der Waals surface area contributed by atoms with Crippen molar-refractivity contribution in [2.75, 3.05) is 10.6 Å². The van der Waals surface area contributed by atoms with Crippen LogP contribution in [0.2, 0.25) is 0 Å². The summed E-state index contributed by atoms with van der Waals surface area (Å²) in [5, 5.41) is 17.3. The van der Waals surface area contributed by atoms with Gasteiger partial charge in [-0.05, 0) is 35.6 Å². The van der Waals surface area contributed by atoms with Crippen LogP contribution in [0, 0.1) is 5.41 Å². The molecule has 4 rings (SSSR count). The number of hydrogen-bond acceptors (Lipinski definition) is 4. The smallest absolute Gasteiger partial charge is 0.179 e. The zero-order chi connectivity index (χ0) is 17.6. The van der Waals surface area contributed by atoms with E-state index in [1.807, 2.05) is 42.5 Å². The Morgan fingerprint density at radius 2 is 1.68 bits per heavy atom. The maximum Gasteiger partial charge on any atom is 0.179 e. The number of allylic oxidation sites excluding steroid dienone is 1. The van der Waals surface area contributed by atoms with Crippen LogP contribution in [0.15, 0.2) is 59.8 Å². The van der Waals surface area contributed by atoms with Crippen LogP contribution in [0.5, 0.6) is 5.75 Å². The Kier molecular flexibility index (Phi) is 3.57. The second kappa shape index (κ2) is 5.66. The van der Waals surface area contributed by atoms with Crippen LogP contribution in [0.25, 0.3) is 0 Å². The average Bonchev–Trinajstić information content (AvgIpc) is 2.72. The lowest BCUT2D eigenvalue weighted by atomic mass is 9.72. The minimum absolute atomic E-state index is 0.0988. The number of rotatable bonds is 1. The molecule has 1 aliphatic heterocycles. The van der Waals surface area contributed by atoms with Crippen LogP contribution in [0.1, 0.15) is 38.3 Å². The summed E-state index contributed by atoms with van der Waals surface area (Å²) in [6, 6.07) is 15.0. The predicted molar refractivity (Wildman–Crippen MR) is 99.6 cm³/mol. The van der Waals surface area contributed by atoms with E-state index in [9.17, 15) is 9.90 Å². The van der Waals surface area contributed by atoms with E-state index in [4.69, 9.17) is 0 Å². The highest BCUT2D eigenvalue weighted by Gasteiger charge is 2.38. The van der Waals surface area contributed by atoms with E-state index in [1.165, 1.54) is 0 Å². The maximum absolute atomic E-state index is 12.9. The average molecular weight is 334 g/mol. The largest absolute Gasteiger partial charge is 0.508 e. The van der Waals surface area contributed by atoms with E-state index in [0.29, 0.717) is 12.1 Å². The topological polar surface area (TPSA) is 61.4 Å². The summed E-state index contributed by atoms with van der Waals surface area (Å²) >= 11 is 0. The quantitative estimate of drug-likeness (QED) is 0.712. The molecule has 0 aromatic heterocycles. The zero-order valence-electron chi connectivity index (χ0n) is 14.5. The number of hydrogen-bond donors (Lipinski definition) is 3. The summed E-state index contributed by atoms with van der Waals surface area (Å²) in [5.41, 5.74) is 4.19. The van der Waals surface area contributed by atoms with E-state index in [-0.39, 0.29) is 23.0 Å². The molecule has 4 nitrogen and oxygen atoms in total. The van der Waals surface area contributed by atoms with Gasteiger partial charge in [0, 0.05) is 12.0 Å². The Labute approximate surface area is 147 Å². The SMILES string of the molecule is CC1(C)CC(=O)C2=C(C1)C(c1ccccc1O)Nc1ccccc1N2. The molecule has 1 heterocycles. The van der Waals surface area contributed by atoms with E-state index in [1.54, 1.807) is 6.07 Å². The molecular weight excluding hydrogens is 312 g/mol. The highest BCUT2D eigenvalue weighted by Crippen LogP contribution is 2.47. The molecule has 128 valence electrons. The minimum Gasteiger partial charge on any atom is -0.508 e. The lowest BCUT2D eigenvalue weighted by Crippen LogP contribution is -2.31. The van der Waals surface area contributed by atoms with Gasteiger partial charge in [-0.1, -0.05) is 44.2 Å². The van der Waals surface area contributed by atoms with Crippen molar-refractivity contribution in [1.29, 1.82) is 0 Å². The van der Waals surface area contributed by atoms with Gasteiger partial charge in [-0.2, -0.15) is 0 Å². The predicted octanol–water partition coefficient (Wildman–Crippen LogP) is 4.61. The molecule has 0 radical (unpaired) electrons. The molecule has 4 heteroatoms. The van der Waals surface area contributed by atoms with Crippen molar-refractivity contribution >= 4 is 17.2 Å². The van der Waals surface area contributed by atoms with E-state index in [0.717, 1.165) is 28.9 Å². The van der Waals surface area contributed by atoms with Crippen LogP contribution in [-0.2, 0) is 4.79 Å². The summed E-state index contributed by atoms with van der Waals surface area (Å²) < 4.78 is 0. The number of benzene rings is 2. The van der Waals surface area contributed by atoms with Gasteiger partial charge in [-0.15, -0.1) is 0 Å². The van der Waals surface area contributed by atoms with Gasteiger partial charge in [0.05, 0.1) is 23.1 Å². The van der Waals surface area contributed by atoms with Crippen LogP contribution in [0.4, 0.5) is 11.4 Å². The summed E-state index contributed by atoms with van der Waals surface area (Å²) in [4.78, 5) is 12.9. The number of fused-ring (bicyclic) bond motifs is 1. The standard InChI is InChI=1S/C21H22N2O2/c1-21(2)11-14-19(13-7-3-6-10-17(13)24)22-15-8-4-5-9-16(15)23-20(14)18(25)12-21/h3-10,19,22-24H,11-12H2,1-2H3. The van der Waals surface area contributed by atoms with Gasteiger partial charge in [0.15, 0.2) is 5.78 Å². The molecule has 2 aromatic rings. The fraction of sp³-hybridized carbons (Fsp3) is 0.286. The molecule has 0 bridgehead atoms. The van der Waals surface area contributed by atoms with Gasteiger partial charge in [0.1, 0.15) is 5.75 Å². The molecule has 0 amide bonds. The first-order valence-electron chi connectivity index (χ1n) is 8.61. The fourth-order valence-electron chi connectivity index (χ4n) is 3.86. The third kappa shape index (κ3) is 2.78. The lowest BCUT2D eigenvalue weighted by Gasteiger charge is -2.35. The van der Waals surface area contributed by atoms with Crippen LogP contribution >= 0.6 is 0 Å². The molecule has 0 saturated heterocycles. The first-order valence-corrected chi connectivity index (χ1v) is 8.61. The highest BCUT2D eigenvalue weighted by molar-refractivity contribution is 6.02. The van der Waals surface area contributed by atoms with Crippen molar-refractivity contribution in [2.24, 2.45) is 5.41 Å². The van der Waals surface area contributed by atoms with Crippen molar-refractivity contribution in [1.82, 2.24) is 0 Å². The maximum atomic E-state index is 12.9. The van der Waals surface area contributed by atoms with E-state index in [2.05, 4.69) is 24.5 Å². The zero-order valence-corrected chi connectivity index (χ0v) is 14.5. The molecule has 2 aliphatic rings. The van der Waals surface area contributed by atoms with Gasteiger partial charge in [0.2, 0.25) is 0 Å². The van der Waals surface area contributed by atoms with Gasteiger partial charge in [-0.3, -0.25) is 4.79 Å². The molecule has 3 N–H and O–H groups in total. The van der Waals surface area contributed by atoms with Crippen LogP contribution in [0.3, 0.4) is 0 Å². The highest BCUT2D eigenvalue weighted by atomic mass is 16.3. The Hall–Kier alpha value is -2.75. The number of para-hydroxylation sites is 3. The molecular formula is C21H22N2O2. The molecule has 1 unspecified atom stereocenters. The second-order valence-corrected chi connectivity index (χ2v) is 7.65. The van der Waals surface area contributed by atoms with Gasteiger partial charge < -0.3 is 15.7 Å². The number of Topliss-reactive ketones (excluding diaryl/α,β-unsaturated/α-hetero) is 1. The normalized spacial score (nSPS) is 21.5. The summed E-state index contributed by atoms with van der Waals surface area (Å²) in [7, 11) is 0. The Bertz CT molecular complexity index is 883. The number of anilines is 2. The molecule has 2 aromatic carbocycles. The van der Waals surface area contributed by atoms with Crippen molar-refractivity contribution in [2.45, 2.75) is 32.7 Å². The number of aromatic hydroxyl groups is 1. The number of carbonyl (C=O) groups is 1. The number of ketones is 1. The Balaban J connectivity index is 1.92. The van der Waals surface area contributed by atoms with Crippen molar-refractivity contribution < 1.29 is 9.90 Å². The Morgan fingerprint density at radius 3 is 2.44 bits per heavy atom. The molecule has 0 fully saturated rings. The molecule has 25 heavy (non-hydrogen) atoms. The van der Waals surface area contributed by atoms with E-state index >= 15 is 0 Å². The van der Waals surface area contributed by atoms with Gasteiger partial charge >= 0.3 is 0 Å². The number of nitrogens with one attached hydrogen (secondary N) is 2. The number of carbonyl (C=O) groups excluding carboxylic acids is 1. The monoisotopic (exact) mass is 334 g/mol. The molecule has 1 atom stereocenters. The van der Waals surface area contributed by atoms with Crippen LogP contribution in [-0.4, -0.2) is 10.9 Å². The number of phenolic OH excluding ortho intramolecular Hbond substituents is 1. The van der Waals surface area contributed by atoms with Crippen molar-refractivity contribution in [3.05, 3.63) is 65.4 Å². The van der Waals surface area contributed by atoms with E-state index < -0.39 is 0 Å². The van der Waals surface area contributed by atoms with Gasteiger partial charge in [0.25, 0.3) is 0 Å². The molecule has 1 aliphatic carbocycles. The lowest BCUT2D eigenvalue weighted by molar-refractivity contribution is -0.118. The molecule has 0 saturated carbocycles.